The van der Waals surface area contributed by atoms with Gasteiger partial charge in [-0.25, -0.2) is 0 Å². The Morgan fingerprint density at radius 3 is 2.77 bits per heavy atom. The number of amides is 1. The highest BCUT2D eigenvalue weighted by molar-refractivity contribution is 5.58. The second kappa shape index (κ2) is 4.23. The maximum absolute atomic E-state index is 11.1. The van der Waals surface area contributed by atoms with Crippen LogP contribution in [0.2, 0.25) is 0 Å². The minimum Gasteiger partial charge on any atom is -0.435 e. The Morgan fingerprint density at radius 1 is 1.54 bits per heavy atom. The second-order valence-electron chi connectivity index (χ2n) is 3.35. The van der Waals surface area contributed by atoms with Gasteiger partial charge in [0.15, 0.2) is 0 Å². The maximum atomic E-state index is 11.1. The van der Waals surface area contributed by atoms with Gasteiger partial charge in [0.05, 0.1) is 6.54 Å². The smallest absolute Gasteiger partial charge is 0.435 e. The Kier molecular flexibility index (Phi) is 3.25. The quantitative estimate of drug-likeness (QED) is 0.680. The van der Waals surface area contributed by atoms with Crippen molar-refractivity contribution in [1.29, 1.82) is 0 Å². The van der Waals surface area contributed by atoms with Crippen molar-refractivity contribution in [2.24, 2.45) is 0 Å². The van der Waals surface area contributed by atoms with E-state index in [0.717, 1.165) is 12.8 Å². The molecular formula is C10H16NO2+. The van der Waals surface area contributed by atoms with E-state index in [1.165, 1.54) is 0 Å². The number of unbranched alkanes of at least 4 members (excludes halogenated alkanes) is 1. The van der Waals surface area contributed by atoms with Crippen LogP contribution in [0.5, 0.6) is 0 Å². The summed E-state index contributed by atoms with van der Waals surface area (Å²) >= 11 is 0. The molecule has 0 radical (unpaired) electrons. The van der Waals surface area contributed by atoms with Gasteiger partial charge < -0.3 is 5.11 Å². The highest BCUT2D eigenvalue weighted by Gasteiger charge is 2.33. The molecule has 0 aliphatic carbocycles. The summed E-state index contributed by atoms with van der Waals surface area (Å²) < 4.78 is 0.0599. The number of nitrogens with zero attached hydrogens (tertiary/aromatic N) is 1. The molecule has 1 aliphatic heterocycles. The number of carboxylic acid groups (broad SMARTS) is 1. The van der Waals surface area contributed by atoms with Crippen LogP contribution in [0.1, 0.15) is 19.8 Å². The standard InChI is InChI=1S/C10H15NO2/c1-2-3-7-11(10(12)13)8-5-4-6-9-11/h4-6,8H,2-3,7,9H2,1H3/p+1. The SMILES string of the molecule is CCCC[N+]1(C(=O)O)C=CC=CC1. The van der Waals surface area contributed by atoms with Gasteiger partial charge in [0.25, 0.3) is 0 Å². The van der Waals surface area contributed by atoms with Crippen LogP contribution in [-0.4, -0.2) is 28.8 Å². The largest absolute Gasteiger partial charge is 0.518 e. The minimum atomic E-state index is -0.756. The fourth-order valence-electron chi connectivity index (χ4n) is 1.45. The molecule has 0 aromatic heterocycles. The predicted octanol–water partition coefficient (Wildman–Crippen LogP) is 2.36. The van der Waals surface area contributed by atoms with Crippen molar-refractivity contribution < 1.29 is 14.4 Å². The summed E-state index contributed by atoms with van der Waals surface area (Å²) in [4.78, 5) is 11.1. The minimum absolute atomic E-state index is 0.0599. The summed E-state index contributed by atoms with van der Waals surface area (Å²) in [6, 6.07) is 0. The first-order valence-corrected chi connectivity index (χ1v) is 4.66. The first-order valence-electron chi connectivity index (χ1n) is 4.66. The fraction of sp³-hybridized carbons (Fsp3) is 0.500. The number of allylic oxidation sites excluding steroid dienone is 2. The number of carbonyl (C=O) groups is 1. The molecule has 0 fully saturated rings. The summed E-state index contributed by atoms with van der Waals surface area (Å²) in [5, 5.41) is 9.10. The number of rotatable bonds is 3. The van der Waals surface area contributed by atoms with Crippen molar-refractivity contribution in [3.05, 3.63) is 24.4 Å². The molecule has 0 aromatic rings. The zero-order valence-corrected chi connectivity index (χ0v) is 7.94. The van der Waals surface area contributed by atoms with E-state index in [0.29, 0.717) is 13.1 Å². The highest BCUT2D eigenvalue weighted by atomic mass is 16.4. The third-order valence-electron chi connectivity index (χ3n) is 2.34. The average Bonchev–Trinajstić information content (AvgIpc) is 2.16. The van der Waals surface area contributed by atoms with Crippen LogP contribution in [-0.2, 0) is 0 Å². The Labute approximate surface area is 78.6 Å². The van der Waals surface area contributed by atoms with Crippen molar-refractivity contribution in [1.82, 2.24) is 0 Å². The van der Waals surface area contributed by atoms with Crippen molar-refractivity contribution in [2.75, 3.05) is 13.1 Å². The van der Waals surface area contributed by atoms with E-state index in [9.17, 15) is 4.79 Å². The molecule has 1 aliphatic rings. The normalized spacial score (nSPS) is 26.2. The lowest BCUT2D eigenvalue weighted by atomic mass is 10.2. The summed E-state index contributed by atoms with van der Waals surface area (Å²) in [5.41, 5.74) is 0. The molecule has 0 saturated heterocycles. The molecule has 1 N–H and O–H groups in total. The van der Waals surface area contributed by atoms with Crippen molar-refractivity contribution >= 4 is 6.09 Å². The molecule has 13 heavy (non-hydrogen) atoms. The van der Waals surface area contributed by atoms with Crippen LogP contribution in [0.25, 0.3) is 0 Å². The van der Waals surface area contributed by atoms with Gasteiger partial charge in [-0.2, -0.15) is 9.28 Å². The molecule has 0 spiro atoms. The zero-order valence-electron chi connectivity index (χ0n) is 7.94. The molecule has 0 bridgehead atoms. The van der Waals surface area contributed by atoms with E-state index < -0.39 is 6.09 Å². The van der Waals surface area contributed by atoms with Crippen LogP contribution in [0, 0.1) is 0 Å². The van der Waals surface area contributed by atoms with Crippen LogP contribution in [0.15, 0.2) is 24.4 Å². The monoisotopic (exact) mass is 182 g/mol. The third kappa shape index (κ3) is 2.18. The summed E-state index contributed by atoms with van der Waals surface area (Å²) in [5.74, 6) is 0. The van der Waals surface area contributed by atoms with Gasteiger partial charge in [0.1, 0.15) is 12.7 Å². The lowest BCUT2D eigenvalue weighted by Crippen LogP contribution is -2.48. The first kappa shape index (κ1) is 9.99. The van der Waals surface area contributed by atoms with Gasteiger partial charge in [-0.3, -0.25) is 0 Å². The number of hydrogen-bond donors (Lipinski definition) is 1. The van der Waals surface area contributed by atoms with Crippen LogP contribution < -0.4 is 0 Å². The summed E-state index contributed by atoms with van der Waals surface area (Å²) in [6.45, 7) is 3.33. The molecule has 0 saturated carbocycles. The number of hydrogen-bond acceptors (Lipinski definition) is 1. The highest BCUT2D eigenvalue weighted by Crippen LogP contribution is 2.15. The molecule has 1 unspecified atom stereocenters. The Hall–Kier alpha value is -1.09. The van der Waals surface area contributed by atoms with E-state index in [1.807, 2.05) is 18.2 Å². The van der Waals surface area contributed by atoms with E-state index in [4.69, 9.17) is 5.11 Å². The van der Waals surface area contributed by atoms with Gasteiger partial charge >= 0.3 is 6.09 Å². The van der Waals surface area contributed by atoms with E-state index >= 15 is 0 Å². The van der Waals surface area contributed by atoms with E-state index in [1.54, 1.807) is 6.20 Å². The Balaban J connectivity index is 2.70. The molecule has 3 nitrogen and oxygen atoms in total. The van der Waals surface area contributed by atoms with Crippen molar-refractivity contribution in [3.63, 3.8) is 0 Å². The zero-order chi connectivity index (χ0) is 9.73. The molecule has 3 heteroatoms. The van der Waals surface area contributed by atoms with Crippen molar-refractivity contribution in [2.45, 2.75) is 19.8 Å². The van der Waals surface area contributed by atoms with Crippen molar-refractivity contribution in [3.8, 4) is 0 Å². The lowest BCUT2D eigenvalue weighted by molar-refractivity contribution is -0.800. The molecule has 72 valence electrons. The fourth-order valence-corrected chi connectivity index (χ4v) is 1.45. The van der Waals surface area contributed by atoms with E-state index in [-0.39, 0.29) is 4.48 Å². The Bertz CT molecular complexity index is 245. The maximum Gasteiger partial charge on any atom is 0.518 e. The molecule has 0 aromatic carbocycles. The molecule has 1 rings (SSSR count). The molecule has 1 heterocycles. The third-order valence-corrected chi connectivity index (χ3v) is 2.34. The molecular weight excluding hydrogens is 166 g/mol. The van der Waals surface area contributed by atoms with Gasteiger partial charge in [-0.05, 0) is 18.6 Å². The molecule has 1 amide bonds. The van der Waals surface area contributed by atoms with Crippen LogP contribution >= 0.6 is 0 Å². The average molecular weight is 182 g/mol. The van der Waals surface area contributed by atoms with Gasteiger partial charge in [0, 0.05) is 0 Å². The summed E-state index contributed by atoms with van der Waals surface area (Å²) in [7, 11) is 0. The first-order chi connectivity index (χ1) is 6.21. The number of quaternary nitrogens is 1. The van der Waals surface area contributed by atoms with Crippen LogP contribution in [0.4, 0.5) is 4.79 Å². The van der Waals surface area contributed by atoms with Crippen LogP contribution in [0.3, 0.4) is 0 Å². The predicted molar refractivity (Wildman–Crippen MR) is 51.2 cm³/mol. The van der Waals surface area contributed by atoms with Gasteiger partial charge in [-0.1, -0.05) is 19.4 Å². The van der Waals surface area contributed by atoms with Gasteiger partial charge in [0.2, 0.25) is 0 Å². The van der Waals surface area contributed by atoms with E-state index in [2.05, 4.69) is 6.92 Å². The topological polar surface area (TPSA) is 37.3 Å². The summed E-state index contributed by atoms with van der Waals surface area (Å²) in [6.07, 6.45) is 8.60. The molecule has 1 atom stereocenters. The lowest BCUT2D eigenvalue weighted by Gasteiger charge is -2.28. The Morgan fingerprint density at radius 2 is 2.31 bits per heavy atom. The van der Waals surface area contributed by atoms with Gasteiger partial charge in [-0.15, -0.1) is 0 Å². The second-order valence-corrected chi connectivity index (χ2v) is 3.35.